The molecule has 1 saturated carbocycles. The molecule has 0 radical (unpaired) electrons. The Morgan fingerprint density at radius 2 is 1.68 bits per heavy atom. The number of hydrogen-bond acceptors (Lipinski definition) is 4. The Bertz CT molecular complexity index is 648. The van der Waals surface area contributed by atoms with Crippen molar-refractivity contribution < 1.29 is 19.1 Å². The van der Waals surface area contributed by atoms with E-state index in [0.29, 0.717) is 24.0 Å². The molecule has 0 spiro atoms. The van der Waals surface area contributed by atoms with Gasteiger partial charge in [-0.25, -0.2) is 4.79 Å². The van der Waals surface area contributed by atoms with Gasteiger partial charge in [-0.05, 0) is 31.4 Å². The van der Waals surface area contributed by atoms with Gasteiger partial charge in [0.25, 0.3) is 11.8 Å². The van der Waals surface area contributed by atoms with Crippen LogP contribution in [0.2, 0.25) is 0 Å². The molecule has 0 aromatic heterocycles. The standard InChI is InChI=1S/C17H17NO4/c19-14-12-7-3-4-8-13(12)15(20)18(14)17-9-5-1-2-6-11(10-17)22-16(17)21/h3-4,7-8,11H,1-2,5-6,9-10H2/t11-,17-/m1/s1. The maximum atomic E-state index is 12.7. The predicted octanol–water partition coefficient (Wildman–Crippen LogP) is 2.30. The summed E-state index contributed by atoms with van der Waals surface area (Å²) < 4.78 is 5.47. The Balaban J connectivity index is 1.79. The van der Waals surface area contributed by atoms with Gasteiger partial charge in [-0.1, -0.05) is 25.0 Å². The summed E-state index contributed by atoms with van der Waals surface area (Å²) in [5.41, 5.74) is -0.321. The maximum absolute atomic E-state index is 12.7. The van der Waals surface area contributed by atoms with Crippen LogP contribution in [0, 0.1) is 0 Å². The van der Waals surface area contributed by atoms with Crippen molar-refractivity contribution in [1.29, 1.82) is 0 Å². The van der Waals surface area contributed by atoms with Crippen LogP contribution in [-0.4, -0.2) is 34.3 Å². The third-order valence-electron chi connectivity index (χ3n) is 5.06. The van der Waals surface area contributed by atoms with Crippen molar-refractivity contribution in [3.63, 3.8) is 0 Å². The molecule has 2 fully saturated rings. The molecule has 1 aromatic carbocycles. The minimum Gasteiger partial charge on any atom is -0.461 e. The van der Waals surface area contributed by atoms with E-state index < -0.39 is 11.5 Å². The Morgan fingerprint density at radius 1 is 1.00 bits per heavy atom. The summed E-state index contributed by atoms with van der Waals surface area (Å²) in [5, 5.41) is 0. The average Bonchev–Trinajstić information content (AvgIpc) is 2.96. The van der Waals surface area contributed by atoms with Gasteiger partial charge in [0.05, 0.1) is 11.1 Å². The number of carbonyl (C=O) groups excluding carboxylic acids is 3. The first-order chi connectivity index (χ1) is 10.6. The highest BCUT2D eigenvalue weighted by Gasteiger charge is 2.59. The van der Waals surface area contributed by atoms with Crippen molar-refractivity contribution in [2.45, 2.75) is 50.2 Å². The van der Waals surface area contributed by atoms with Crippen LogP contribution in [0.15, 0.2) is 24.3 Å². The second kappa shape index (κ2) is 4.66. The van der Waals surface area contributed by atoms with Crippen LogP contribution in [0.25, 0.3) is 0 Å². The number of benzene rings is 1. The van der Waals surface area contributed by atoms with Gasteiger partial charge in [-0.15, -0.1) is 0 Å². The monoisotopic (exact) mass is 299 g/mol. The van der Waals surface area contributed by atoms with E-state index in [1.165, 1.54) is 4.90 Å². The Hall–Kier alpha value is -2.17. The normalized spacial score (nSPS) is 30.8. The molecular weight excluding hydrogens is 282 g/mol. The summed E-state index contributed by atoms with van der Waals surface area (Å²) in [5.74, 6) is -1.13. The van der Waals surface area contributed by atoms with Crippen LogP contribution in [0.5, 0.6) is 0 Å². The highest BCUT2D eigenvalue weighted by atomic mass is 16.6. The fraction of sp³-hybridized carbons (Fsp3) is 0.471. The minimum atomic E-state index is -1.10. The van der Waals surface area contributed by atoms with Gasteiger partial charge >= 0.3 is 5.97 Å². The molecule has 5 nitrogen and oxygen atoms in total. The molecule has 2 aliphatic heterocycles. The number of rotatable bonds is 1. The molecule has 2 heterocycles. The molecule has 2 bridgehead atoms. The van der Waals surface area contributed by atoms with E-state index >= 15 is 0 Å². The summed E-state index contributed by atoms with van der Waals surface area (Å²) in [4.78, 5) is 39.2. The van der Waals surface area contributed by atoms with Crippen molar-refractivity contribution in [3.8, 4) is 0 Å². The molecule has 2 amide bonds. The van der Waals surface area contributed by atoms with Crippen molar-refractivity contribution in [2.24, 2.45) is 0 Å². The first-order valence-corrected chi connectivity index (χ1v) is 7.82. The molecule has 22 heavy (non-hydrogen) atoms. The fourth-order valence-electron chi connectivity index (χ4n) is 3.97. The lowest BCUT2D eigenvalue weighted by Gasteiger charge is -2.34. The average molecular weight is 299 g/mol. The van der Waals surface area contributed by atoms with Gasteiger partial charge in [-0.2, -0.15) is 0 Å². The molecule has 0 unspecified atom stereocenters. The molecule has 2 atom stereocenters. The van der Waals surface area contributed by atoms with Gasteiger partial charge in [0.15, 0.2) is 5.54 Å². The quantitative estimate of drug-likeness (QED) is 0.589. The number of fused-ring (bicyclic) bond motifs is 3. The molecule has 4 rings (SSSR count). The molecular formula is C17H17NO4. The van der Waals surface area contributed by atoms with Crippen LogP contribution in [-0.2, 0) is 9.53 Å². The number of nitrogens with zero attached hydrogens (tertiary/aromatic N) is 1. The largest absolute Gasteiger partial charge is 0.461 e. The van der Waals surface area contributed by atoms with Gasteiger partial charge in [-0.3, -0.25) is 14.5 Å². The van der Waals surface area contributed by atoms with E-state index in [2.05, 4.69) is 0 Å². The van der Waals surface area contributed by atoms with Crippen molar-refractivity contribution >= 4 is 17.8 Å². The Kier molecular flexibility index (Phi) is 2.86. The van der Waals surface area contributed by atoms with E-state index in [-0.39, 0.29) is 17.9 Å². The lowest BCUT2D eigenvalue weighted by molar-refractivity contribution is -0.148. The smallest absolute Gasteiger partial charge is 0.333 e. The summed E-state index contributed by atoms with van der Waals surface area (Å²) in [6.45, 7) is 0. The third-order valence-corrected chi connectivity index (χ3v) is 5.06. The van der Waals surface area contributed by atoms with Crippen molar-refractivity contribution in [1.82, 2.24) is 4.90 Å². The van der Waals surface area contributed by atoms with Gasteiger partial charge in [0.2, 0.25) is 0 Å². The number of imide groups is 1. The van der Waals surface area contributed by atoms with Crippen LogP contribution < -0.4 is 0 Å². The lowest BCUT2D eigenvalue weighted by atomic mass is 9.83. The maximum Gasteiger partial charge on any atom is 0.333 e. The SMILES string of the molecule is O=C1c2ccccc2C(=O)N1[C@]12CCCCC[C@H](C1)OC2=O. The summed E-state index contributed by atoms with van der Waals surface area (Å²) in [7, 11) is 0. The first kappa shape index (κ1) is 13.5. The van der Waals surface area contributed by atoms with Crippen LogP contribution in [0.1, 0.15) is 59.2 Å². The summed E-state index contributed by atoms with van der Waals surface area (Å²) in [6.07, 6.45) is 4.45. The zero-order valence-corrected chi connectivity index (χ0v) is 12.2. The van der Waals surface area contributed by atoms with E-state index in [1.54, 1.807) is 24.3 Å². The third kappa shape index (κ3) is 1.68. The first-order valence-electron chi connectivity index (χ1n) is 7.82. The summed E-state index contributed by atoms with van der Waals surface area (Å²) in [6, 6.07) is 6.76. The van der Waals surface area contributed by atoms with E-state index in [0.717, 1.165) is 25.7 Å². The molecule has 1 saturated heterocycles. The molecule has 114 valence electrons. The van der Waals surface area contributed by atoms with Gasteiger partial charge < -0.3 is 4.74 Å². The van der Waals surface area contributed by atoms with E-state index in [4.69, 9.17) is 4.74 Å². The van der Waals surface area contributed by atoms with Crippen LogP contribution >= 0.6 is 0 Å². The van der Waals surface area contributed by atoms with Gasteiger partial charge in [0.1, 0.15) is 6.10 Å². The number of carbonyl (C=O) groups is 3. The number of esters is 1. The second-order valence-electron chi connectivity index (χ2n) is 6.35. The number of hydrogen-bond donors (Lipinski definition) is 0. The Labute approximate surface area is 128 Å². The summed E-state index contributed by atoms with van der Waals surface area (Å²) >= 11 is 0. The number of ether oxygens (including phenoxy) is 1. The lowest BCUT2D eigenvalue weighted by Crippen LogP contribution is -2.55. The molecule has 3 aliphatic rings. The second-order valence-corrected chi connectivity index (χ2v) is 6.35. The highest BCUT2D eigenvalue weighted by Crippen LogP contribution is 2.43. The van der Waals surface area contributed by atoms with Crippen LogP contribution in [0.4, 0.5) is 0 Å². The van der Waals surface area contributed by atoms with Crippen molar-refractivity contribution in [3.05, 3.63) is 35.4 Å². The fourth-order valence-corrected chi connectivity index (χ4v) is 3.97. The zero-order valence-electron chi connectivity index (χ0n) is 12.2. The molecule has 0 N–H and O–H groups in total. The molecule has 1 aliphatic carbocycles. The van der Waals surface area contributed by atoms with Crippen molar-refractivity contribution in [2.75, 3.05) is 0 Å². The highest BCUT2D eigenvalue weighted by molar-refractivity contribution is 6.23. The van der Waals surface area contributed by atoms with Gasteiger partial charge in [0, 0.05) is 6.42 Å². The van der Waals surface area contributed by atoms with Crippen LogP contribution in [0.3, 0.4) is 0 Å². The predicted molar refractivity (Wildman–Crippen MR) is 77.3 cm³/mol. The zero-order chi connectivity index (χ0) is 15.3. The topological polar surface area (TPSA) is 63.7 Å². The molecule has 5 heteroatoms. The molecule has 1 aromatic rings. The van der Waals surface area contributed by atoms with E-state index in [1.807, 2.05) is 0 Å². The number of amides is 2. The Morgan fingerprint density at radius 3 is 2.36 bits per heavy atom. The minimum absolute atomic E-state index is 0.169. The van der Waals surface area contributed by atoms with E-state index in [9.17, 15) is 14.4 Å².